The second-order valence-corrected chi connectivity index (χ2v) is 6.74. The smallest absolute Gasteiger partial charge is 0.377 e. The van der Waals surface area contributed by atoms with Crippen LogP contribution in [-0.2, 0) is 13.3 Å². The summed E-state index contributed by atoms with van der Waals surface area (Å²) in [7, 11) is 1.96. The fourth-order valence-electron chi connectivity index (χ4n) is 1.21. The van der Waals surface area contributed by atoms with E-state index in [-0.39, 0.29) is 0 Å². The molecule has 7 nitrogen and oxygen atoms in total. The second-order valence-electron chi connectivity index (χ2n) is 3.17. The Morgan fingerprint density at radius 1 is 1.06 bits per heavy atom. The highest BCUT2D eigenvalue weighted by atomic mass is 28.4. The van der Waals surface area contributed by atoms with Crippen LogP contribution >= 0.6 is 0 Å². The standard InChI is InChI=1S/C8H22N2O3Si.H6N2Si/c1-11-14(12-2,13-3)8-4-6-10-7-5-9;1-3-2/h10H,4-9H2,1-3H3;1-3H2. The molecule has 0 unspecified atom stereocenters. The van der Waals surface area contributed by atoms with Crippen LogP contribution in [0.2, 0.25) is 6.04 Å². The maximum absolute atomic E-state index is 5.35. The van der Waals surface area contributed by atoms with E-state index >= 15 is 0 Å². The van der Waals surface area contributed by atoms with Crippen LogP contribution in [0.1, 0.15) is 6.42 Å². The first-order valence-corrected chi connectivity index (χ1v) is 9.19. The summed E-state index contributed by atoms with van der Waals surface area (Å²) in [6.45, 7) is 2.44. The van der Waals surface area contributed by atoms with Crippen molar-refractivity contribution in [3.05, 3.63) is 0 Å². The zero-order valence-corrected chi connectivity index (χ0v) is 13.6. The van der Waals surface area contributed by atoms with Crippen LogP contribution in [-0.4, -0.2) is 59.6 Å². The molecule has 0 saturated carbocycles. The Hall–Kier alpha value is 0.154. The molecule has 9 heteroatoms. The highest BCUT2D eigenvalue weighted by Crippen LogP contribution is 2.13. The molecule has 0 aromatic rings. The third-order valence-corrected chi connectivity index (χ3v) is 4.92. The van der Waals surface area contributed by atoms with Crippen LogP contribution in [0, 0.1) is 0 Å². The minimum atomic E-state index is -2.35. The van der Waals surface area contributed by atoms with Crippen molar-refractivity contribution in [3.8, 4) is 0 Å². The minimum absolute atomic E-state index is 0.583. The highest BCUT2D eigenvalue weighted by Gasteiger charge is 2.36. The van der Waals surface area contributed by atoms with Crippen molar-refractivity contribution in [1.82, 2.24) is 5.32 Å². The largest absolute Gasteiger partial charge is 0.500 e. The van der Waals surface area contributed by atoms with Crippen molar-refractivity contribution in [1.29, 1.82) is 0 Å². The number of hydrogen-bond donors (Lipinski definition) is 4. The Morgan fingerprint density at radius 2 is 1.53 bits per heavy atom. The van der Waals surface area contributed by atoms with Gasteiger partial charge in [-0.2, -0.15) is 0 Å². The molecule has 106 valence electrons. The molecule has 0 atom stereocenters. The van der Waals surface area contributed by atoms with Crippen molar-refractivity contribution < 1.29 is 13.3 Å². The van der Waals surface area contributed by atoms with Gasteiger partial charge in [-0.05, 0) is 13.0 Å². The molecule has 0 aliphatic carbocycles. The summed E-state index contributed by atoms with van der Waals surface area (Å²) in [5.41, 5.74) is 5.35. The minimum Gasteiger partial charge on any atom is -0.377 e. The SMILES string of the molecule is CO[Si](CCCNCCN)(OC)OC.N[SiH2]N. The summed E-state index contributed by atoms with van der Waals surface area (Å²) >= 11 is 0. The summed E-state index contributed by atoms with van der Waals surface area (Å²) in [5.74, 6) is 0. The lowest BCUT2D eigenvalue weighted by atomic mass is 10.5. The van der Waals surface area contributed by atoms with Crippen molar-refractivity contribution in [2.75, 3.05) is 41.0 Å². The molecule has 17 heavy (non-hydrogen) atoms. The lowest BCUT2D eigenvalue weighted by Gasteiger charge is -2.24. The molecule has 0 saturated heterocycles. The van der Waals surface area contributed by atoms with Gasteiger partial charge in [-0.25, -0.2) is 0 Å². The lowest BCUT2D eigenvalue weighted by molar-refractivity contribution is 0.123. The monoisotopic (exact) mass is 284 g/mol. The molecule has 0 aromatic carbocycles. The Bertz CT molecular complexity index is 144. The average molecular weight is 285 g/mol. The van der Waals surface area contributed by atoms with Crippen LogP contribution in [0.25, 0.3) is 0 Å². The highest BCUT2D eigenvalue weighted by molar-refractivity contribution is 6.60. The van der Waals surface area contributed by atoms with E-state index in [4.69, 9.17) is 29.8 Å². The van der Waals surface area contributed by atoms with Gasteiger partial charge in [0.2, 0.25) is 0 Å². The van der Waals surface area contributed by atoms with Crippen LogP contribution in [0.4, 0.5) is 0 Å². The van der Waals surface area contributed by atoms with E-state index in [0.717, 1.165) is 25.6 Å². The predicted octanol–water partition coefficient (Wildman–Crippen LogP) is -2.29. The molecule has 0 aromatic heterocycles. The van der Waals surface area contributed by atoms with E-state index in [9.17, 15) is 0 Å². The molecular formula is C8H28N4O3Si2. The Balaban J connectivity index is 0. The van der Waals surface area contributed by atoms with Crippen LogP contribution in [0.5, 0.6) is 0 Å². The maximum atomic E-state index is 5.35. The quantitative estimate of drug-likeness (QED) is 0.278. The predicted molar refractivity (Wildman–Crippen MR) is 75.0 cm³/mol. The normalized spacial score (nSPS) is 10.9. The number of nitrogens with two attached hydrogens (primary N) is 3. The second kappa shape index (κ2) is 14.2. The Morgan fingerprint density at radius 3 is 1.88 bits per heavy atom. The van der Waals surface area contributed by atoms with Gasteiger partial charge in [0.15, 0.2) is 9.84 Å². The molecule has 0 heterocycles. The van der Waals surface area contributed by atoms with E-state index < -0.39 is 18.6 Å². The molecule has 0 radical (unpaired) electrons. The number of rotatable bonds is 9. The summed E-state index contributed by atoms with van der Waals surface area (Å²) in [4.78, 5) is 0. The van der Waals surface area contributed by atoms with Crippen molar-refractivity contribution in [3.63, 3.8) is 0 Å². The third-order valence-electron chi connectivity index (χ3n) is 2.09. The van der Waals surface area contributed by atoms with E-state index in [2.05, 4.69) is 5.32 Å². The topological polar surface area (TPSA) is 118 Å². The van der Waals surface area contributed by atoms with E-state index in [0.29, 0.717) is 6.54 Å². The first-order chi connectivity index (χ1) is 8.16. The molecule has 0 rings (SSSR count). The summed E-state index contributed by atoms with van der Waals surface area (Å²) < 4.78 is 15.9. The van der Waals surface area contributed by atoms with E-state index in [1.54, 1.807) is 21.3 Å². The van der Waals surface area contributed by atoms with Gasteiger partial charge in [0, 0.05) is 40.5 Å². The van der Waals surface area contributed by atoms with Gasteiger partial charge in [0.05, 0.1) is 0 Å². The molecule has 7 N–H and O–H groups in total. The summed E-state index contributed by atoms with van der Waals surface area (Å²) in [6.07, 6.45) is 0.974. The van der Waals surface area contributed by atoms with Gasteiger partial charge < -0.3 is 35.1 Å². The molecule has 0 amide bonds. The van der Waals surface area contributed by atoms with Crippen molar-refractivity contribution in [2.45, 2.75) is 12.5 Å². The Kier molecular flexibility index (Phi) is 16.3. The molecule has 0 aliphatic rings. The van der Waals surface area contributed by atoms with Gasteiger partial charge in [-0.1, -0.05) is 0 Å². The zero-order valence-electron chi connectivity index (χ0n) is 11.2. The number of hydrogen-bond acceptors (Lipinski definition) is 7. The molecule has 0 spiro atoms. The lowest BCUT2D eigenvalue weighted by Crippen LogP contribution is -2.43. The van der Waals surface area contributed by atoms with Gasteiger partial charge in [-0.15, -0.1) is 0 Å². The maximum Gasteiger partial charge on any atom is 0.500 e. The van der Waals surface area contributed by atoms with Gasteiger partial charge in [0.1, 0.15) is 0 Å². The van der Waals surface area contributed by atoms with Crippen LogP contribution in [0.15, 0.2) is 0 Å². The summed E-state index contributed by atoms with van der Waals surface area (Å²) in [6, 6.07) is 0.827. The first-order valence-electron chi connectivity index (χ1n) is 5.62. The van der Waals surface area contributed by atoms with E-state index in [1.165, 1.54) is 0 Å². The molecule has 0 fully saturated rings. The number of nitrogens with one attached hydrogen (secondary N) is 1. The van der Waals surface area contributed by atoms with Crippen molar-refractivity contribution >= 4 is 18.6 Å². The van der Waals surface area contributed by atoms with Crippen molar-refractivity contribution in [2.24, 2.45) is 16.5 Å². The van der Waals surface area contributed by atoms with E-state index in [1.807, 2.05) is 0 Å². The van der Waals surface area contributed by atoms with Crippen LogP contribution < -0.4 is 21.8 Å². The fraction of sp³-hybridized carbons (Fsp3) is 1.00. The first kappa shape index (κ1) is 19.5. The average Bonchev–Trinajstić information content (AvgIpc) is 2.36. The third kappa shape index (κ3) is 11.0. The molecule has 0 aliphatic heterocycles. The fourth-order valence-corrected chi connectivity index (χ4v) is 2.94. The molecular weight excluding hydrogens is 256 g/mol. The Labute approximate surface area is 108 Å². The summed E-state index contributed by atoms with van der Waals surface area (Å²) in [5, 5.41) is 12.7. The van der Waals surface area contributed by atoms with Gasteiger partial charge >= 0.3 is 8.80 Å². The molecule has 0 bridgehead atoms. The van der Waals surface area contributed by atoms with Gasteiger partial charge in [0.25, 0.3) is 0 Å². The van der Waals surface area contributed by atoms with Gasteiger partial charge in [-0.3, -0.25) is 0 Å². The van der Waals surface area contributed by atoms with Crippen LogP contribution in [0.3, 0.4) is 0 Å². The zero-order chi connectivity index (χ0) is 13.6.